The number of aromatic amines is 1. The van der Waals surface area contributed by atoms with Crippen LogP contribution in [-0.4, -0.2) is 33.9 Å². The van der Waals surface area contributed by atoms with Crippen molar-refractivity contribution in [2.45, 2.75) is 33.1 Å². The second kappa shape index (κ2) is 8.49. The Morgan fingerprint density at radius 3 is 2.77 bits per heavy atom. The van der Waals surface area contributed by atoms with Gasteiger partial charge in [0.25, 0.3) is 5.56 Å². The highest BCUT2D eigenvalue weighted by Gasteiger charge is 2.18. The molecule has 0 spiro atoms. The molecule has 3 heterocycles. The predicted molar refractivity (Wildman–Crippen MR) is 118 cm³/mol. The summed E-state index contributed by atoms with van der Waals surface area (Å²) < 4.78 is 0. The third kappa shape index (κ3) is 4.10. The largest absolute Gasteiger partial charge is 0.371 e. The van der Waals surface area contributed by atoms with Gasteiger partial charge in [0.05, 0.1) is 0 Å². The van der Waals surface area contributed by atoms with E-state index in [2.05, 4.69) is 38.2 Å². The van der Waals surface area contributed by atoms with Crippen LogP contribution in [0.1, 0.15) is 30.2 Å². The van der Waals surface area contributed by atoms with Crippen molar-refractivity contribution in [3.63, 3.8) is 0 Å². The summed E-state index contributed by atoms with van der Waals surface area (Å²) in [5.41, 5.74) is 5.06. The Labute approximate surface area is 175 Å². The minimum atomic E-state index is -0.210. The van der Waals surface area contributed by atoms with Gasteiger partial charge in [0.1, 0.15) is 5.82 Å². The maximum atomic E-state index is 12.6. The van der Waals surface area contributed by atoms with E-state index in [1.807, 2.05) is 12.1 Å². The molecule has 0 unspecified atom stereocenters. The molecule has 0 fully saturated rings. The normalized spacial score (nSPS) is 12.7. The van der Waals surface area contributed by atoms with Gasteiger partial charge in [-0.2, -0.15) is 0 Å². The van der Waals surface area contributed by atoms with Crippen molar-refractivity contribution in [1.29, 1.82) is 0 Å². The van der Waals surface area contributed by atoms with Gasteiger partial charge >= 0.3 is 0 Å². The van der Waals surface area contributed by atoms with Crippen molar-refractivity contribution in [2.75, 3.05) is 23.3 Å². The van der Waals surface area contributed by atoms with Gasteiger partial charge in [0, 0.05) is 60.1 Å². The number of H-pyrrole nitrogens is 1. The van der Waals surface area contributed by atoms with Crippen LogP contribution >= 0.6 is 0 Å². The molecule has 30 heavy (non-hydrogen) atoms. The van der Waals surface area contributed by atoms with Crippen LogP contribution in [0.3, 0.4) is 0 Å². The first-order valence-electron chi connectivity index (χ1n) is 10.2. The number of fused-ring (bicyclic) bond motifs is 1. The highest BCUT2D eigenvalue weighted by atomic mass is 16.1. The minimum absolute atomic E-state index is 0.118. The maximum absolute atomic E-state index is 12.6. The zero-order valence-electron chi connectivity index (χ0n) is 17.2. The van der Waals surface area contributed by atoms with Crippen LogP contribution < -0.4 is 15.8 Å². The number of pyridine rings is 1. The summed E-state index contributed by atoms with van der Waals surface area (Å²) in [7, 11) is 0. The summed E-state index contributed by atoms with van der Waals surface area (Å²) in [6, 6.07) is 9.64. The fourth-order valence-corrected chi connectivity index (χ4v) is 3.87. The summed E-state index contributed by atoms with van der Waals surface area (Å²) in [6.45, 7) is 5.91. The number of rotatable bonds is 6. The Morgan fingerprint density at radius 2 is 2.03 bits per heavy atom. The first kappa shape index (κ1) is 19.8. The molecule has 0 saturated carbocycles. The quantitative estimate of drug-likeness (QED) is 0.660. The lowest BCUT2D eigenvalue weighted by Gasteiger charge is -2.17. The molecule has 3 aromatic rings. The molecule has 0 radical (unpaired) electrons. The Kier molecular flexibility index (Phi) is 5.61. The SMILES string of the molecule is CCN1CCc2ccc(NC(=O)CCc3c(C)nc(-c4ccncc4)[nH]c3=O)cc21. The smallest absolute Gasteiger partial charge is 0.254 e. The Morgan fingerprint density at radius 1 is 1.23 bits per heavy atom. The second-order valence-corrected chi connectivity index (χ2v) is 7.44. The number of carbonyl (C=O) groups excluding carboxylic acids is 1. The van der Waals surface area contributed by atoms with Crippen LogP contribution in [0.25, 0.3) is 11.4 Å². The first-order chi connectivity index (χ1) is 14.5. The van der Waals surface area contributed by atoms with Gasteiger partial charge in [-0.05, 0) is 56.5 Å². The molecule has 2 aromatic heterocycles. The van der Waals surface area contributed by atoms with Crippen molar-refractivity contribution in [3.05, 3.63) is 69.9 Å². The average molecular weight is 403 g/mol. The molecule has 0 saturated heterocycles. The zero-order chi connectivity index (χ0) is 21.1. The minimum Gasteiger partial charge on any atom is -0.371 e. The van der Waals surface area contributed by atoms with E-state index in [-0.39, 0.29) is 17.9 Å². The van der Waals surface area contributed by atoms with Gasteiger partial charge in [-0.1, -0.05) is 6.07 Å². The molecule has 0 aliphatic carbocycles. The zero-order valence-corrected chi connectivity index (χ0v) is 17.2. The Bertz CT molecular complexity index is 1120. The highest BCUT2D eigenvalue weighted by molar-refractivity contribution is 5.91. The van der Waals surface area contributed by atoms with E-state index in [1.54, 1.807) is 31.5 Å². The number of hydrogen-bond donors (Lipinski definition) is 2. The lowest BCUT2D eigenvalue weighted by molar-refractivity contribution is -0.116. The first-order valence-corrected chi connectivity index (χ1v) is 10.2. The van der Waals surface area contributed by atoms with Crippen LogP contribution in [0, 0.1) is 6.92 Å². The Hall–Kier alpha value is -3.48. The van der Waals surface area contributed by atoms with E-state index < -0.39 is 0 Å². The van der Waals surface area contributed by atoms with Gasteiger partial charge in [-0.3, -0.25) is 14.6 Å². The molecule has 4 rings (SSSR count). The predicted octanol–water partition coefficient (Wildman–Crippen LogP) is 3.09. The summed E-state index contributed by atoms with van der Waals surface area (Å²) >= 11 is 0. The molecule has 7 heteroatoms. The standard InChI is InChI=1S/C23H25N5O2/c1-3-28-13-10-16-4-5-18(14-20(16)28)26-21(29)7-6-19-15(2)25-22(27-23(19)30)17-8-11-24-12-9-17/h4-5,8-9,11-12,14H,3,6-7,10,13H2,1-2H3,(H,26,29)(H,25,27,30). The third-order valence-electron chi connectivity index (χ3n) is 5.52. The summed E-state index contributed by atoms with van der Waals surface area (Å²) in [5.74, 6) is 0.389. The molecular weight excluding hydrogens is 378 g/mol. The number of aromatic nitrogens is 3. The number of amides is 1. The van der Waals surface area contributed by atoms with Gasteiger partial charge in [-0.15, -0.1) is 0 Å². The topological polar surface area (TPSA) is 91.0 Å². The molecule has 154 valence electrons. The van der Waals surface area contributed by atoms with Crippen molar-refractivity contribution in [2.24, 2.45) is 0 Å². The molecule has 1 aliphatic rings. The number of nitrogens with one attached hydrogen (secondary N) is 2. The molecular formula is C23H25N5O2. The molecule has 1 aromatic carbocycles. The van der Waals surface area contributed by atoms with Gasteiger partial charge in [0.2, 0.25) is 5.91 Å². The van der Waals surface area contributed by atoms with E-state index in [0.29, 0.717) is 23.5 Å². The Balaban J connectivity index is 1.43. The van der Waals surface area contributed by atoms with Crippen molar-refractivity contribution in [3.8, 4) is 11.4 Å². The third-order valence-corrected chi connectivity index (χ3v) is 5.52. The summed E-state index contributed by atoms with van der Waals surface area (Å²) in [5, 5.41) is 2.96. The fourth-order valence-electron chi connectivity index (χ4n) is 3.87. The number of aryl methyl sites for hydroxylation is 1. The molecule has 7 nitrogen and oxygen atoms in total. The lowest BCUT2D eigenvalue weighted by Crippen LogP contribution is -2.21. The van der Waals surface area contributed by atoms with Crippen molar-refractivity contribution < 1.29 is 4.79 Å². The molecule has 0 atom stereocenters. The molecule has 0 bridgehead atoms. The van der Waals surface area contributed by atoms with Gasteiger partial charge < -0.3 is 15.2 Å². The van der Waals surface area contributed by atoms with Crippen LogP contribution in [0.4, 0.5) is 11.4 Å². The monoisotopic (exact) mass is 403 g/mol. The number of benzene rings is 1. The highest BCUT2D eigenvalue weighted by Crippen LogP contribution is 2.30. The molecule has 1 amide bonds. The summed E-state index contributed by atoms with van der Waals surface area (Å²) in [6.07, 6.45) is 4.91. The van der Waals surface area contributed by atoms with E-state index in [9.17, 15) is 9.59 Å². The number of hydrogen-bond acceptors (Lipinski definition) is 5. The summed E-state index contributed by atoms with van der Waals surface area (Å²) in [4.78, 5) is 38.6. The van der Waals surface area contributed by atoms with Crippen molar-refractivity contribution >= 4 is 17.3 Å². The average Bonchev–Trinajstić information content (AvgIpc) is 3.16. The van der Waals surface area contributed by atoms with Crippen LogP contribution in [0.2, 0.25) is 0 Å². The van der Waals surface area contributed by atoms with E-state index in [1.165, 1.54) is 11.3 Å². The van der Waals surface area contributed by atoms with Crippen molar-refractivity contribution in [1.82, 2.24) is 15.0 Å². The van der Waals surface area contributed by atoms with Crippen LogP contribution in [0.15, 0.2) is 47.5 Å². The number of anilines is 2. The van der Waals surface area contributed by atoms with Gasteiger partial charge in [0.15, 0.2) is 0 Å². The van der Waals surface area contributed by atoms with E-state index in [0.717, 1.165) is 30.8 Å². The molecule has 1 aliphatic heterocycles. The van der Waals surface area contributed by atoms with Crippen LogP contribution in [-0.2, 0) is 17.6 Å². The number of carbonyl (C=O) groups is 1. The lowest BCUT2D eigenvalue weighted by atomic mass is 10.1. The maximum Gasteiger partial charge on any atom is 0.254 e. The van der Waals surface area contributed by atoms with E-state index in [4.69, 9.17) is 0 Å². The fraction of sp³-hybridized carbons (Fsp3) is 0.304. The number of likely N-dealkylation sites (N-methyl/N-ethyl adjacent to an activating group) is 1. The molecule has 2 N–H and O–H groups in total. The van der Waals surface area contributed by atoms with Crippen LogP contribution in [0.5, 0.6) is 0 Å². The van der Waals surface area contributed by atoms with E-state index >= 15 is 0 Å². The second-order valence-electron chi connectivity index (χ2n) is 7.44. The van der Waals surface area contributed by atoms with Gasteiger partial charge in [-0.25, -0.2) is 4.98 Å². The number of nitrogens with zero attached hydrogens (tertiary/aromatic N) is 3.